The lowest BCUT2D eigenvalue weighted by Crippen LogP contribution is -2.41. The number of rotatable bonds is 7. The average Bonchev–Trinajstić information content (AvgIpc) is 3.14. The van der Waals surface area contributed by atoms with Gasteiger partial charge in [0, 0.05) is 0 Å². The smallest absolute Gasteiger partial charge is 0.301 e. The molecule has 0 atom stereocenters. The van der Waals surface area contributed by atoms with Gasteiger partial charge in [0.2, 0.25) is 0 Å². The molecule has 1 heterocycles. The Labute approximate surface area is 165 Å². The van der Waals surface area contributed by atoms with Gasteiger partial charge in [-0.15, -0.1) is 4.83 Å². The van der Waals surface area contributed by atoms with Gasteiger partial charge in [-0.05, 0) is 42.5 Å². The molecule has 0 aliphatic rings. The number of benzene rings is 2. The zero-order valence-corrected chi connectivity index (χ0v) is 15.8. The van der Waals surface area contributed by atoms with Crippen LogP contribution in [0.2, 0.25) is 5.02 Å². The minimum Gasteiger partial charge on any atom is -0.486 e. The van der Waals surface area contributed by atoms with Crippen LogP contribution in [0.4, 0.5) is 4.39 Å². The fourth-order valence-electron chi connectivity index (χ4n) is 2.17. The van der Waals surface area contributed by atoms with E-state index in [0.29, 0.717) is 11.5 Å². The van der Waals surface area contributed by atoms with Crippen molar-refractivity contribution in [2.24, 2.45) is 0 Å². The normalized spacial score (nSPS) is 11.2. The minimum absolute atomic E-state index is 0.0915. The molecule has 0 bridgehead atoms. The second kappa shape index (κ2) is 8.42. The molecule has 0 saturated heterocycles. The highest BCUT2D eigenvalue weighted by Gasteiger charge is 2.20. The lowest BCUT2D eigenvalue weighted by molar-refractivity contribution is 0.0913. The number of nitrogens with one attached hydrogen (secondary N) is 2. The van der Waals surface area contributed by atoms with Crippen LogP contribution in [0, 0.1) is 5.82 Å². The van der Waals surface area contributed by atoms with Crippen molar-refractivity contribution in [2.75, 3.05) is 0 Å². The van der Waals surface area contributed by atoms with Crippen LogP contribution in [0.15, 0.2) is 70.0 Å². The molecule has 3 rings (SSSR count). The van der Waals surface area contributed by atoms with Crippen LogP contribution in [-0.2, 0) is 16.6 Å². The number of para-hydroxylation sites is 1. The quantitative estimate of drug-likeness (QED) is 0.567. The molecule has 0 saturated carbocycles. The van der Waals surface area contributed by atoms with Gasteiger partial charge in [-0.25, -0.2) is 12.8 Å². The van der Waals surface area contributed by atoms with E-state index < -0.39 is 21.7 Å². The highest BCUT2D eigenvalue weighted by Crippen LogP contribution is 2.21. The molecule has 146 valence electrons. The third kappa shape index (κ3) is 4.89. The van der Waals surface area contributed by atoms with Crippen molar-refractivity contribution >= 4 is 27.5 Å². The van der Waals surface area contributed by atoms with Crippen LogP contribution in [-0.4, -0.2) is 14.3 Å². The van der Waals surface area contributed by atoms with E-state index in [2.05, 4.69) is 0 Å². The molecule has 0 unspecified atom stereocenters. The summed E-state index contributed by atoms with van der Waals surface area (Å²) in [7, 11) is -4.20. The highest BCUT2D eigenvalue weighted by molar-refractivity contribution is 7.89. The largest absolute Gasteiger partial charge is 0.486 e. The maximum atomic E-state index is 13.1. The van der Waals surface area contributed by atoms with Crippen molar-refractivity contribution < 1.29 is 26.8 Å². The maximum Gasteiger partial charge on any atom is 0.301 e. The summed E-state index contributed by atoms with van der Waals surface area (Å²) in [6.45, 7) is 0.0915. The number of carbonyl (C=O) groups is 1. The molecule has 7 nitrogen and oxygen atoms in total. The average molecular weight is 425 g/mol. The van der Waals surface area contributed by atoms with Crippen molar-refractivity contribution in [1.82, 2.24) is 10.3 Å². The van der Waals surface area contributed by atoms with E-state index in [1.807, 2.05) is 28.5 Å². The van der Waals surface area contributed by atoms with E-state index in [-0.39, 0.29) is 22.3 Å². The van der Waals surface area contributed by atoms with E-state index >= 15 is 0 Å². The lowest BCUT2D eigenvalue weighted by atomic mass is 10.3. The molecule has 0 aliphatic carbocycles. The van der Waals surface area contributed by atoms with Crippen molar-refractivity contribution in [3.05, 3.63) is 83.0 Å². The van der Waals surface area contributed by atoms with Crippen LogP contribution in [0.3, 0.4) is 0 Å². The molecular formula is C18H14ClFN2O5S. The molecule has 0 aliphatic heterocycles. The number of amides is 1. The highest BCUT2D eigenvalue weighted by atomic mass is 35.5. The van der Waals surface area contributed by atoms with E-state index in [9.17, 15) is 17.6 Å². The van der Waals surface area contributed by atoms with E-state index in [4.69, 9.17) is 20.8 Å². The summed E-state index contributed by atoms with van der Waals surface area (Å²) in [5.74, 6) is -0.631. The fourth-order valence-corrected chi connectivity index (χ4v) is 3.54. The molecule has 28 heavy (non-hydrogen) atoms. The first kappa shape index (κ1) is 19.9. The Balaban J connectivity index is 1.60. The molecule has 2 N–H and O–H groups in total. The summed E-state index contributed by atoms with van der Waals surface area (Å²) in [6.07, 6.45) is 0. The van der Waals surface area contributed by atoms with Crippen molar-refractivity contribution in [3.63, 3.8) is 0 Å². The van der Waals surface area contributed by atoms with Gasteiger partial charge >= 0.3 is 5.91 Å². The topological polar surface area (TPSA) is 97.6 Å². The predicted molar refractivity (Wildman–Crippen MR) is 98.7 cm³/mol. The van der Waals surface area contributed by atoms with E-state index in [1.165, 1.54) is 12.1 Å². The third-order valence-corrected chi connectivity index (χ3v) is 5.22. The summed E-state index contributed by atoms with van der Waals surface area (Å²) in [5.41, 5.74) is 2.00. The first-order valence-corrected chi connectivity index (χ1v) is 9.75. The Morgan fingerprint density at radius 2 is 1.86 bits per heavy atom. The van der Waals surface area contributed by atoms with Gasteiger partial charge in [0.15, 0.2) is 5.76 Å². The van der Waals surface area contributed by atoms with E-state index in [0.717, 1.165) is 18.2 Å². The fraction of sp³-hybridized carbons (Fsp3) is 0.0556. The Bertz CT molecular complexity index is 1090. The summed E-state index contributed by atoms with van der Waals surface area (Å²) in [4.78, 5) is 13.6. The Kier molecular flexibility index (Phi) is 5.98. The van der Waals surface area contributed by atoms with Crippen LogP contribution in [0.1, 0.15) is 16.3 Å². The minimum atomic E-state index is -4.20. The zero-order valence-electron chi connectivity index (χ0n) is 14.2. The number of hydrazine groups is 1. The zero-order chi connectivity index (χ0) is 20.1. The molecule has 1 aromatic heterocycles. The first-order chi connectivity index (χ1) is 13.3. The van der Waals surface area contributed by atoms with Gasteiger partial charge in [0.1, 0.15) is 28.8 Å². The van der Waals surface area contributed by atoms with Gasteiger partial charge in [-0.3, -0.25) is 10.2 Å². The van der Waals surface area contributed by atoms with Crippen LogP contribution in [0.25, 0.3) is 0 Å². The number of sulfonamides is 1. The van der Waals surface area contributed by atoms with Gasteiger partial charge in [0.25, 0.3) is 10.0 Å². The summed E-state index contributed by atoms with van der Waals surface area (Å²) >= 11 is 5.73. The number of hydrogen-bond acceptors (Lipinski definition) is 5. The number of hydrogen-bond donors (Lipinski definition) is 2. The molecule has 0 fully saturated rings. The monoisotopic (exact) mass is 424 g/mol. The number of carbonyl (C=O) groups excluding carboxylic acids is 1. The Morgan fingerprint density at radius 3 is 2.57 bits per heavy atom. The molecule has 1 amide bonds. The van der Waals surface area contributed by atoms with Crippen LogP contribution < -0.4 is 15.0 Å². The molecule has 3 aromatic rings. The number of furan rings is 1. The van der Waals surface area contributed by atoms with Gasteiger partial charge in [0.05, 0.1) is 5.02 Å². The number of ether oxygens (including phenoxy) is 1. The van der Waals surface area contributed by atoms with Crippen LogP contribution in [0.5, 0.6) is 5.75 Å². The predicted octanol–water partition coefficient (Wildman–Crippen LogP) is 3.27. The van der Waals surface area contributed by atoms with E-state index in [1.54, 1.807) is 12.1 Å². The maximum absolute atomic E-state index is 13.1. The summed E-state index contributed by atoms with van der Waals surface area (Å²) in [5, 5.41) is -0.319. The van der Waals surface area contributed by atoms with Crippen molar-refractivity contribution in [1.29, 1.82) is 0 Å². The third-order valence-electron chi connectivity index (χ3n) is 3.49. The lowest BCUT2D eigenvalue weighted by Gasteiger charge is -2.09. The number of halogens is 2. The Morgan fingerprint density at radius 1 is 1.11 bits per heavy atom. The van der Waals surface area contributed by atoms with Gasteiger partial charge in [-0.2, -0.15) is 0 Å². The summed E-state index contributed by atoms with van der Waals surface area (Å²) in [6, 6.07) is 14.7. The SMILES string of the molecule is O=C(NNS(=O)(=O)c1ccc(F)cc1Cl)c1ccc(COc2ccccc2)o1. The molecule has 2 aromatic carbocycles. The van der Waals surface area contributed by atoms with Gasteiger partial charge < -0.3 is 9.15 Å². The summed E-state index contributed by atoms with van der Waals surface area (Å²) < 4.78 is 48.2. The standard InChI is InChI=1S/C18H14ClFN2O5S/c19-15-10-12(20)6-9-17(15)28(24,25)22-21-18(23)16-8-7-14(27-16)11-26-13-4-2-1-3-5-13/h1-10,22H,11H2,(H,21,23). The Hall–Kier alpha value is -2.88. The molecule has 0 radical (unpaired) electrons. The second-order valence-electron chi connectivity index (χ2n) is 5.50. The van der Waals surface area contributed by atoms with Crippen molar-refractivity contribution in [2.45, 2.75) is 11.5 Å². The first-order valence-electron chi connectivity index (χ1n) is 7.89. The molecular weight excluding hydrogens is 411 g/mol. The van der Waals surface area contributed by atoms with Crippen molar-refractivity contribution in [3.8, 4) is 5.75 Å². The van der Waals surface area contributed by atoms with Crippen LogP contribution >= 0.6 is 11.6 Å². The molecule has 10 heteroatoms. The van der Waals surface area contributed by atoms with Gasteiger partial charge in [-0.1, -0.05) is 29.8 Å². The second-order valence-corrected chi connectivity index (χ2v) is 7.56. The molecule has 0 spiro atoms.